The van der Waals surface area contributed by atoms with Crippen molar-refractivity contribution in [3.05, 3.63) is 77.1 Å². The van der Waals surface area contributed by atoms with E-state index in [1.54, 1.807) is 31.2 Å². The molecule has 0 spiro atoms. The van der Waals surface area contributed by atoms with Gasteiger partial charge in [-0.25, -0.2) is 9.97 Å². The van der Waals surface area contributed by atoms with Gasteiger partial charge in [0, 0.05) is 18.8 Å². The van der Waals surface area contributed by atoms with E-state index in [1.165, 1.54) is 24.7 Å². The maximum absolute atomic E-state index is 13.3. The van der Waals surface area contributed by atoms with Crippen molar-refractivity contribution in [3.63, 3.8) is 0 Å². The first-order chi connectivity index (χ1) is 17.1. The first-order valence-corrected chi connectivity index (χ1v) is 11.0. The number of amides is 1. The van der Waals surface area contributed by atoms with Crippen LogP contribution in [0.25, 0.3) is 0 Å². The van der Waals surface area contributed by atoms with Crippen molar-refractivity contribution in [2.75, 3.05) is 5.32 Å². The second kappa shape index (κ2) is 9.73. The monoisotopic (exact) mass is 494 g/mol. The van der Waals surface area contributed by atoms with Crippen molar-refractivity contribution in [2.45, 2.75) is 38.9 Å². The Hall–Kier alpha value is -4.33. The van der Waals surface area contributed by atoms with Gasteiger partial charge < -0.3 is 10.6 Å². The van der Waals surface area contributed by atoms with Gasteiger partial charge in [0.1, 0.15) is 6.07 Å². The van der Waals surface area contributed by atoms with Crippen LogP contribution in [-0.2, 0) is 17.5 Å². The zero-order valence-corrected chi connectivity index (χ0v) is 19.2. The van der Waals surface area contributed by atoms with E-state index in [1.807, 2.05) is 0 Å². The van der Waals surface area contributed by atoms with Gasteiger partial charge in [-0.1, -0.05) is 11.6 Å². The molecule has 2 N–H and O–H groups in total. The number of nitrogens with zero attached hydrogens (tertiary/aromatic N) is 4. The number of hydrogen-bond donors (Lipinski definition) is 2. The Bertz CT molecular complexity index is 1330. The first-order valence-electron chi connectivity index (χ1n) is 11.0. The van der Waals surface area contributed by atoms with E-state index in [-0.39, 0.29) is 41.7 Å². The molecule has 1 amide bonds. The molecule has 0 bridgehead atoms. The van der Waals surface area contributed by atoms with Crippen molar-refractivity contribution in [1.82, 2.24) is 20.3 Å². The summed E-state index contributed by atoms with van der Waals surface area (Å²) in [6.07, 6.45) is 0.571. The fourth-order valence-electron chi connectivity index (χ4n) is 3.69. The number of aromatic nitrogens is 3. The Balaban J connectivity index is 1.34. The van der Waals surface area contributed by atoms with Crippen molar-refractivity contribution < 1.29 is 22.8 Å². The third kappa shape index (κ3) is 5.66. The van der Waals surface area contributed by atoms with Crippen LogP contribution >= 0.6 is 0 Å². The Labute approximate surface area is 204 Å². The molecule has 11 heteroatoms. The van der Waals surface area contributed by atoms with Crippen molar-refractivity contribution in [1.29, 1.82) is 5.26 Å². The van der Waals surface area contributed by atoms with E-state index in [0.717, 1.165) is 6.07 Å². The van der Waals surface area contributed by atoms with E-state index < -0.39 is 17.2 Å². The molecule has 1 saturated carbocycles. The number of alkyl halides is 3. The number of anilines is 2. The molecule has 1 fully saturated rings. The number of halogens is 3. The molecular formula is C25H21F3N6O2. The minimum atomic E-state index is -4.50. The van der Waals surface area contributed by atoms with Crippen LogP contribution in [0.1, 0.15) is 52.3 Å². The lowest BCUT2D eigenvalue weighted by Crippen LogP contribution is -2.33. The van der Waals surface area contributed by atoms with Crippen LogP contribution in [0.4, 0.5) is 24.5 Å². The summed E-state index contributed by atoms with van der Waals surface area (Å²) in [6, 6.07) is 8.99. The summed E-state index contributed by atoms with van der Waals surface area (Å²) >= 11 is 0. The van der Waals surface area contributed by atoms with Gasteiger partial charge in [-0.3, -0.25) is 14.6 Å². The summed E-state index contributed by atoms with van der Waals surface area (Å²) in [6.45, 7) is 1.69. The molecule has 184 valence electrons. The van der Waals surface area contributed by atoms with E-state index in [2.05, 4.69) is 25.6 Å². The molecule has 36 heavy (non-hydrogen) atoms. The Morgan fingerprint density at radius 3 is 2.39 bits per heavy atom. The van der Waals surface area contributed by atoms with Gasteiger partial charge in [-0.15, -0.1) is 0 Å². The van der Waals surface area contributed by atoms with Gasteiger partial charge in [0.05, 0.1) is 46.4 Å². The van der Waals surface area contributed by atoms with E-state index in [9.17, 15) is 22.8 Å². The molecule has 0 atom stereocenters. The number of nitriles is 1. The largest absolute Gasteiger partial charge is 0.418 e. The number of Topliss-reactive ketones (excluding diaryl/α,β-unsaturated/α-hetero) is 1. The van der Waals surface area contributed by atoms with Crippen LogP contribution in [0.5, 0.6) is 0 Å². The zero-order valence-electron chi connectivity index (χ0n) is 19.2. The molecule has 1 aliphatic carbocycles. The van der Waals surface area contributed by atoms with Crippen LogP contribution in [0.3, 0.4) is 0 Å². The molecule has 1 aliphatic rings. The van der Waals surface area contributed by atoms with E-state index in [0.29, 0.717) is 29.8 Å². The summed E-state index contributed by atoms with van der Waals surface area (Å²) < 4.78 is 40.0. The number of aryl methyl sites for hydroxylation is 1. The average molecular weight is 494 g/mol. The molecule has 1 aromatic carbocycles. The lowest BCUT2D eigenvalue weighted by Gasteiger charge is -2.16. The maximum atomic E-state index is 13.3. The normalized spacial score (nSPS) is 14.0. The summed E-state index contributed by atoms with van der Waals surface area (Å²) in [5.74, 6) is -0.599. The summed E-state index contributed by atoms with van der Waals surface area (Å²) in [5.41, 5.74) is -0.0340. The van der Waals surface area contributed by atoms with Crippen LogP contribution < -0.4 is 10.6 Å². The number of pyridine rings is 1. The highest BCUT2D eigenvalue weighted by atomic mass is 19.4. The fourth-order valence-corrected chi connectivity index (χ4v) is 3.69. The number of carbonyl (C=O) groups is 2. The van der Waals surface area contributed by atoms with Gasteiger partial charge in [0.2, 0.25) is 11.7 Å². The summed E-state index contributed by atoms with van der Waals surface area (Å²) in [5, 5.41) is 14.3. The number of nitrogens with one attached hydrogen (secondary N) is 2. The average Bonchev–Trinajstić information content (AvgIpc) is 3.64. The predicted octanol–water partition coefficient (Wildman–Crippen LogP) is 4.48. The molecule has 0 radical (unpaired) electrons. The topological polar surface area (TPSA) is 121 Å². The standard InChI is InChI=1S/C25H21F3N6O2/c1-15-2-5-20(19(8-15)25(26,27)28)34-18-4-3-17(30-14-18)13-33-23(36)24(6-7-24)9-21(35)16-11-31-22(10-29)32-12-16/h2-5,8,11-12,14,34H,6-7,9,13H2,1H3,(H,33,36). The van der Waals surface area contributed by atoms with Gasteiger partial charge >= 0.3 is 6.18 Å². The Kier molecular flexibility index (Phi) is 6.70. The summed E-state index contributed by atoms with van der Waals surface area (Å²) in [7, 11) is 0. The van der Waals surface area contributed by atoms with E-state index in [4.69, 9.17) is 5.26 Å². The molecule has 8 nitrogen and oxygen atoms in total. The Morgan fingerprint density at radius 1 is 1.08 bits per heavy atom. The second-order valence-electron chi connectivity index (χ2n) is 8.68. The highest BCUT2D eigenvalue weighted by Crippen LogP contribution is 2.49. The fraction of sp³-hybridized carbons (Fsp3) is 0.280. The summed E-state index contributed by atoms with van der Waals surface area (Å²) in [4.78, 5) is 37.1. The van der Waals surface area contributed by atoms with Gasteiger partial charge in [-0.05, 0) is 44.0 Å². The Morgan fingerprint density at radius 2 is 1.81 bits per heavy atom. The number of ketones is 1. The SMILES string of the molecule is Cc1ccc(Nc2ccc(CNC(=O)C3(CC(=O)c4cnc(C#N)nc4)CC3)nc2)c(C(F)(F)F)c1. The maximum Gasteiger partial charge on any atom is 0.418 e. The molecule has 2 aromatic heterocycles. The molecule has 3 aromatic rings. The number of hydrogen-bond acceptors (Lipinski definition) is 7. The van der Waals surface area contributed by atoms with Crippen LogP contribution in [0.15, 0.2) is 48.9 Å². The van der Waals surface area contributed by atoms with Gasteiger partial charge in [0.15, 0.2) is 5.78 Å². The molecule has 0 aliphatic heterocycles. The van der Waals surface area contributed by atoms with E-state index >= 15 is 0 Å². The molecule has 2 heterocycles. The van der Waals surface area contributed by atoms with Crippen LogP contribution in [-0.4, -0.2) is 26.6 Å². The minimum Gasteiger partial charge on any atom is -0.354 e. The number of rotatable bonds is 8. The quantitative estimate of drug-likeness (QED) is 0.443. The highest BCUT2D eigenvalue weighted by molar-refractivity contribution is 6.00. The zero-order chi connectivity index (χ0) is 25.9. The minimum absolute atomic E-state index is 0.00245. The lowest BCUT2D eigenvalue weighted by atomic mass is 9.95. The molecular weight excluding hydrogens is 473 g/mol. The van der Waals surface area contributed by atoms with Crippen LogP contribution in [0.2, 0.25) is 0 Å². The second-order valence-corrected chi connectivity index (χ2v) is 8.68. The van der Waals surface area contributed by atoms with Crippen molar-refractivity contribution in [2.24, 2.45) is 5.41 Å². The lowest BCUT2D eigenvalue weighted by molar-refractivity contribution is -0.137. The first kappa shape index (κ1) is 24.8. The predicted molar refractivity (Wildman–Crippen MR) is 123 cm³/mol. The molecule has 0 saturated heterocycles. The molecule has 0 unspecified atom stereocenters. The third-order valence-corrected chi connectivity index (χ3v) is 5.92. The molecule has 4 rings (SSSR count). The third-order valence-electron chi connectivity index (χ3n) is 5.92. The van der Waals surface area contributed by atoms with Gasteiger partial charge in [0.25, 0.3) is 0 Å². The number of carbonyl (C=O) groups excluding carboxylic acids is 2. The van der Waals surface area contributed by atoms with Crippen LogP contribution in [0, 0.1) is 23.7 Å². The van der Waals surface area contributed by atoms with Gasteiger partial charge in [-0.2, -0.15) is 18.4 Å². The number of benzene rings is 1. The van der Waals surface area contributed by atoms with Crippen molar-refractivity contribution >= 4 is 23.1 Å². The van der Waals surface area contributed by atoms with Crippen molar-refractivity contribution in [3.8, 4) is 6.07 Å². The highest BCUT2D eigenvalue weighted by Gasteiger charge is 2.51. The smallest absolute Gasteiger partial charge is 0.354 e.